The molecule has 0 unspecified atom stereocenters. The van der Waals surface area contributed by atoms with Crippen molar-refractivity contribution in [1.82, 2.24) is 0 Å². The topological polar surface area (TPSA) is 52.9 Å². The summed E-state index contributed by atoms with van der Waals surface area (Å²) in [6.07, 6.45) is -0.284. The zero-order valence-electron chi connectivity index (χ0n) is 7.65. The Bertz CT molecular complexity index is 487. The van der Waals surface area contributed by atoms with Gasteiger partial charge in [0.25, 0.3) is 0 Å². The lowest BCUT2D eigenvalue weighted by atomic mass is 10.3. The molecule has 0 bridgehead atoms. The Kier molecular flexibility index (Phi) is 4.71. The first-order valence-corrected chi connectivity index (χ1v) is 5.93. The predicted octanol–water partition coefficient (Wildman–Crippen LogP) is 3.86. The van der Waals surface area contributed by atoms with Crippen molar-refractivity contribution in [3.05, 3.63) is 25.9 Å². The lowest BCUT2D eigenvalue weighted by Crippen LogP contribution is -2.11. The Morgan fingerprint density at radius 3 is 2.81 bits per heavy atom. The lowest BCUT2D eigenvalue weighted by molar-refractivity contribution is -0.115. The van der Waals surface area contributed by atoms with Gasteiger partial charge in [-0.15, -0.1) is 0 Å². The second-order valence-corrected chi connectivity index (χ2v) is 4.75. The molecule has 0 aliphatic rings. The molecular formula is C9H4Br2ClFN2O. The predicted molar refractivity (Wildman–Crippen MR) is 65.7 cm³/mol. The number of rotatable bonds is 2. The number of amides is 1. The van der Waals surface area contributed by atoms with Crippen molar-refractivity contribution >= 4 is 55.1 Å². The minimum atomic E-state index is -0.612. The molecule has 0 aliphatic carbocycles. The van der Waals surface area contributed by atoms with Gasteiger partial charge in [-0.3, -0.25) is 4.79 Å². The third kappa shape index (κ3) is 2.94. The van der Waals surface area contributed by atoms with Crippen LogP contribution < -0.4 is 5.32 Å². The first-order chi connectivity index (χ1) is 7.47. The molecule has 0 radical (unpaired) electrons. The molecule has 1 aromatic rings. The number of hydrogen-bond donors (Lipinski definition) is 1. The zero-order chi connectivity index (χ0) is 12.3. The van der Waals surface area contributed by atoms with Gasteiger partial charge in [-0.25, -0.2) is 4.39 Å². The van der Waals surface area contributed by atoms with Crippen LogP contribution in [0.3, 0.4) is 0 Å². The second-order valence-electron chi connectivity index (χ2n) is 2.73. The van der Waals surface area contributed by atoms with E-state index in [2.05, 4.69) is 37.2 Å². The maximum absolute atomic E-state index is 13.1. The van der Waals surface area contributed by atoms with Gasteiger partial charge in [0.1, 0.15) is 12.2 Å². The van der Waals surface area contributed by atoms with Crippen LogP contribution in [0.2, 0.25) is 5.02 Å². The van der Waals surface area contributed by atoms with Gasteiger partial charge in [0, 0.05) is 4.47 Å². The van der Waals surface area contributed by atoms with E-state index in [4.69, 9.17) is 16.9 Å². The van der Waals surface area contributed by atoms with Crippen molar-refractivity contribution in [3.63, 3.8) is 0 Å². The van der Waals surface area contributed by atoms with Crippen molar-refractivity contribution in [2.75, 3.05) is 5.32 Å². The Hall–Kier alpha value is -0.640. The highest BCUT2D eigenvalue weighted by atomic mass is 79.9. The third-order valence-electron chi connectivity index (χ3n) is 1.62. The molecule has 1 amide bonds. The van der Waals surface area contributed by atoms with Crippen LogP contribution in [0.15, 0.2) is 15.0 Å². The standard InChI is InChI=1S/C9H4Br2ClFN2O/c10-4-3-5(13)8(12)7(11)9(4)15-6(16)1-2-14/h3H,1H2,(H,15,16). The van der Waals surface area contributed by atoms with Gasteiger partial charge >= 0.3 is 0 Å². The monoisotopic (exact) mass is 368 g/mol. The van der Waals surface area contributed by atoms with Crippen molar-refractivity contribution in [3.8, 4) is 6.07 Å². The van der Waals surface area contributed by atoms with Crippen LogP contribution in [-0.4, -0.2) is 5.91 Å². The van der Waals surface area contributed by atoms with E-state index >= 15 is 0 Å². The van der Waals surface area contributed by atoms with Gasteiger partial charge in [-0.05, 0) is 37.9 Å². The van der Waals surface area contributed by atoms with Crippen LogP contribution in [0, 0.1) is 17.1 Å². The number of carbonyl (C=O) groups is 1. The van der Waals surface area contributed by atoms with E-state index in [0.29, 0.717) is 10.2 Å². The van der Waals surface area contributed by atoms with Crippen molar-refractivity contribution in [2.24, 2.45) is 0 Å². The average molecular weight is 370 g/mol. The Morgan fingerprint density at radius 1 is 1.62 bits per heavy atom. The normalized spacial score (nSPS) is 9.69. The van der Waals surface area contributed by atoms with Crippen molar-refractivity contribution < 1.29 is 9.18 Å². The molecule has 0 saturated heterocycles. The van der Waals surface area contributed by atoms with Crippen LogP contribution in [0.4, 0.5) is 10.1 Å². The van der Waals surface area contributed by atoms with E-state index in [9.17, 15) is 9.18 Å². The summed E-state index contributed by atoms with van der Waals surface area (Å²) >= 11 is 11.8. The van der Waals surface area contributed by atoms with E-state index in [0.717, 1.165) is 6.07 Å². The maximum Gasteiger partial charge on any atom is 0.238 e. The molecule has 0 atom stereocenters. The summed E-state index contributed by atoms with van der Waals surface area (Å²) in [5.41, 5.74) is 0.298. The molecule has 0 aliphatic heterocycles. The minimum absolute atomic E-state index is 0.129. The van der Waals surface area contributed by atoms with E-state index in [-0.39, 0.29) is 15.9 Å². The van der Waals surface area contributed by atoms with Gasteiger partial charge in [-0.1, -0.05) is 11.6 Å². The molecule has 0 aromatic heterocycles. The number of anilines is 1. The van der Waals surface area contributed by atoms with Gasteiger partial charge in [-0.2, -0.15) is 5.26 Å². The van der Waals surface area contributed by atoms with Crippen LogP contribution in [-0.2, 0) is 4.79 Å². The Labute approximate surface area is 113 Å². The summed E-state index contributed by atoms with van der Waals surface area (Å²) < 4.78 is 13.7. The van der Waals surface area contributed by atoms with Gasteiger partial charge < -0.3 is 5.32 Å². The summed E-state index contributed by atoms with van der Waals surface area (Å²) in [5, 5.41) is 10.6. The first-order valence-electron chi connectivity index (χ1n) is 3.97. The summed E-state index contributed by atoms with van der Waals surface area (Å²) in [4.78, 5) is 11.2. The van der Waals surface area contributed by atoms with Crippen LogP contribution in [0.25, 0.3) is 0 Å². The zero-order valence-corrected chi connectivity index (χ0v) is 11.6. The molecule has 3 nitrogen and oxygen atoms in total. The fourth-order valence-corrected chi connectivity index (χ4v) is 2.35. The molecule has 1 N–H and O–H groups in total. The number of hydrogen-bond acceptors (Lipinski definition) is 2. The number of benzene rings is 1. The van der Waals surface area contributed by atoms with Gasteiger partial charge in [0.2, 0.25) is 5.91 Å². The molecular weight excluding hydrogens is 366 g/mol. The largest absolute Gasteiger partial charge is 0.323 e. The number of carbonyl (C=O) groups excluding carboxylic acids is 1. The highest BCUT2D eigenvalue weighted by Crippen LogP contribution is 2.38. The van der Waals surface area contributed by atoms with E-state index < -0.39 is 11.7 Å². The third-order valence-corrected chi connectivity index (χ3v) is 3.63. The molecule has 7 heteroatoms. The summed E-state index contributed by atoms with van der Waals surface area (Å²) in [5.74, 6) is -1.11. The summed E-state index contributed by atoms with van der Waals surface area (Å²) in [6.45, 7) is 0. The van der Waals surface area contributed by atoms with Crippen molar-refractivity contribution in [2.45, 2.75) is 6.42 Å². The molecule has 84 valence electrons. The minimum Gasteiger partial charge on any atom is -0.323 e. The Morgan fingerprint density at radius 2 is 2.25 bits per heavy atom. The van der Waals surface area contributed by atoms with Crippen LogP contribution in [0.1, 0.15) is 6.42 Å². The van der Waals surface area contributed by atoms with Crippen LogP contribution in [0.5, 0.6) is 0 Å². The van der Waals surface area contributed by atoms with Crippen LogP contribution >= 0.6 is 43.5 Å². The average Bonchev–Trinajstić information content (AvgIpc) is 2.22. The smallest absolute Gasteiger partial charge is 0.238 e. The maximum atomic E-state index is 13.1. The van der Waals surface area contributed by atoms with Gasteiger partial charge in [0.05, 0.1) is 21.3 Å². The molecule has 0 spiro atoms. The molecule has 0 saturated carbocycles. The fraction of sp³-hybridized carbons (Fsp3) is 0.111. The number of halogens is 4. The molecule has 0 fully saturated rings. The molecule has 16 heavy (non-hydrogen) atoms. The molecule has 0 heterocycles. The molecule has 1 rings (SSSR count). The van der Waals surface area contributed by atoms with E-state index in [1.54, 1.807) is 6.07 Å². The quantitative estimate of drug-likeness (QED) is 0.635. The van der Waals surface area contributed by atoms with Gasteiger partial charge in [0.15, 0.2) is 0 Å². The summed E-state index contributed by atoms with van der Waals surface area (Å²) in [6, 6.07) is 2.84. The molecule has 1 aromatic carbocycles. The highest BCUT2D eigenvalue weighted by Gasteiger charge is 2.15. The SMILES string of the molecule is N#CCC(=O)Nc1c(Br)cc(F)c(Cl)c1Br. The number of nitrogens with one attached hydrogen (secondary N) is 1. The lowest BCUT2D eigenvalue weighted by Gasteiger charge is -2.10. The first kappa shape index (κ1) is 13.4. The van der Waals surface area contributed by atoms with Crippen molar-refractivity contribution in [1.29, 1.82) is 5.26 Å². The van der Waals surface area contributed by atoms with E-state index in [1.807, 2.05) is 0 Å². The second kappa shape index (κ2) is 5.62. The highest BCUT2D eigenvalue weighted by molar-refractivity contribution is 9.11. The number of nitriles is 1. The summed E-state index contributed by atoms with van der Waals surface area (Å²) in [7, 11) is 0. The number of nitrogens with zero attached hydrogens (tertiary/aromatic N) is 1. The fourth-order valence-electron chi connectivity index (χ4n) is 0.936. The van der Waals surface area contributed by atoms with E-state index in [1.165, 1.54) is 0 Å². The Balaban J connectivity index is 3.11.